The van der Waals surface area contributed by atoms with Crippen molar-refractivity contribution in [1.82, 2.24) is 30.4 Å². The van der Waals surface area contributed by atoms with Gasteiger partial charge in [-0.1, -0.05) is 0 Å². The molecule has 0 unspecified atom stereocenters. The molecule has 51 heavy (non-hydrogen) atoms. The van der Waals surface area contributed by atoms with E-state index in [9.17, 15) is 27.6 Å². The number of likely N-dealkylation sites (tertiary alicyclic amines) is 1. The highest BCUT2D eigenvalue weighted by Crippen LogP contribution is 2.35. The lowest BCUT2D eigenvalue weighted by atomic mass is 9.78. The summed E-state index contributed by atoms with van der Waals surface area (Å²) in [6, 6.07) is 2.51. The van der Waals surface area contributed by atoms with Gasteiger partial charge in [-0.05, 0) is 77.6 Å². The van der Waals surface area contributed by atoms with Gasteiger partial charge in [-0.15, -0.1) is 0 Å². The van der Waals surface area contributed by atoms with E-state index in [1.54, 1.807) is 0 Å². The Bertz CT molecular complexity index is 1510. The van der Waals surface area contributed by atoms with Crippen LogP contribution in [0.1, 0.15) is 64.4 Å². The predicted octanol–water partition coefficient (Wildman–Crippen LogP) is 2.68. The van der Waals surface area contributed by atoms with E-state index < -0.39 is 17.8 Å². The zero-order valence-electron chi connectivity index (χ0n) is 29.6. The molecule has 1 saturated heterocycles. The summed E-state index contributed by atoms with van der Waals surface area (Å²) in [6.45, 7) is 6.70. The zero-order valence-corrected chi connectivity index (χ0v) is 29.6. The smallest absolute Gasteiger partial charge is 0.379 e. The molecule has 1 aliphatic heterocycles. The van der Waals surface area contributed by atoms with Crippen LogP contribution in [0.5, 0.6) is 0 Å². The highest BCUT2D eigenvalue weighted by molar-refractivity contribution is 5.93. The third-order valence-electron chi connectivity index (χ3n) is 10.4. The molecule has 3 amide bonds. The third kappa shape index (κ3) is 9.84. The summed E-state index contributed by atoms with van der Waals surface area (Å²) in [6.07, 6.45) is 0.689. The SMILES string of the molecule is CC(C)N(C)[C@@H]1CC[C@H](N2CC[C@H](Nc3ncnc4ccc(C(F)(F)F)cc34)C2=O)[C@H](NC(=O)[C@H]2C[C@@H](NC(=O)CCOCCOCCN)C2)C1. The number of ether oxygens (including phenoxy) is 2. The number of alkyl halides is 3. The quantitative estimate of drug-likeness (QED) is 0.190. The molecule has 2 aliphatic carbocycles. The molecule has 0 spiro atoms. The van der Waals surface area contributed by atoms with Gasteiger partial charge in [-0.2, -0.15) is 13.2 Å². The maximum absolute atomic E-state index is 13.9. The van der Waals surface area contributed by atoms with E-state index in [1.165, 1.54) is 12.4 Å². The molecular formula is C35H51F3N8O5. The summed E-state index contributed by atoms with van der Waals surface area (Å²) in [7, 11) is 2.08. The van der Waals surface area contributed by atoms with Gasteiger partial charge in [0.1, 0.15) is 18.2 Å². The van der Waals surface area contributed by atoms with Crippen molar-refractivity contribution in [3.8, 4) is 0 Å². The second kappa shape index (κ2) is 17.3. The Morgan fingerprint density at radius 1 is 1.04 bits per heavy atom. The molecule has 2 aromatic rings. The average molecular weight is 721 g/mol. The highest BCUT2D eigenvalue weighted by Gasteiger charge is 2.45. The van der Waals surface area contributed by atoms with Gasteiger partial charge in [0.05, 0.1) is 49.6 Å². The minimum atomic E-state index is -4.53. The first kappa shape index (κ1) is 38.6. The Morgan fingerprint density at radius 2 is 1.78 bits per heavy atom. The number of amides is 3. The fourth-order valence-electron chi connectivity index (χ4n) is 7.25. The minimum Gasteiger partial charge on any atom is -0.379 e. The normalized spacial score (nSPS) is 25.4. The van der Waals surface area contributed by atoms with E-state index in [0.29, 0.717) is 76.6 Å². The molecule has 4 atom stereocenters. The number of hydrogen-bond donors (Lipinski definition) is 4. The molecule has 0 radical (unpaired) electrons. The van der Waals surface area contributed by atoms with Crippen molar-refractivity contribution in [1.29, 1.82) is 0 Å². The predicted molar refractivity (Wildman–Crippen MR) is 185 cm³/mol. The van der Waals surface area contributed by atoms with Crippen molar-refractivity contribution in [2.45, 2.75) is 101 Å². The number of aromatic nitrogens is 2. The number of nitrogens with zero attached hydrogens (tertiary/aromatic N) is 4. The van der Waals surface area contributed by atoms with E-state index in [4.69, 9.17) is 15.2 Å². The molecule has 16 heteroatoms. The summed E-state index contributed by atoms with van der Waals surface area (Å²) in [5.74, 6) is -0.456. The van der Waals surface area contributed by atoms with Crippen LogP contribution in [0.25, 0.3) is 10.9 Å². The van der Waals surface area contributed by atoms with Crippen LogP contribution in [-0.4, -0.2) is 120 Å². The number of hydrogen-bond acceptors (Lipinski definition) is 10. The van der Waals surface area contributed by atoms with Gasteiger partial charge in [-0.25, -0.2) is 9.97 Å². The Hall–Kier alpha value is -3.60. The lowest BCUT2D eigenvalue weighted by Crippen LogP contribution is -2.60. The molecule has 1 aromatic heterocycles. The number of fused-ring (bicyclic) bond motifs is 1. The van der Waals surface area contributed by atoms with Crippen LogP contribution in [0.3, 0.4) is 0 Å². The van der Waals surface area contributed by atoms with Crippen molar-refractivity contribution in [3.05, 3.63) is 30.1 Å². The average Bonchev–Trinajstić information content (AvgIpc) is 3.43. The molecule has 1 aromatic carbocycles. The molecular weight excluding hydrogens is 669 g/mol. The number of nitrogens with two attached hydrogens (primary N) is 1. The monoisotopic (exact) mass is 720 g/mol. The molecule has 0 bridgehead atoms. The van der Waals surface area contributed by atoms with Crippen molar-refractivity contribution in [2.24, 2.45) is 11.7 Å². The number of carbonyl (C=O) groups is 3. The van der Waals surface area contributed by atoms with E-state index in [2.05, 4.69) is 51.7 Å². The number of halogens is 3. The Balaban J connectivity index is 1.18. The highest BCUT2D eigenvalue weighted by atomic mass is 19.4. The maximum Gasteiger partial charge on any atom is 0.416 e. The van der Waals surface area contributed by atoms with Crippen molar-refractivity contribution < 1.29 is 37.0 Å². The van der Waals surface area contributed by atoms with Crippen molar-refractivity contribution in [2.75, 3.05) is 51.9 Å². The lowest BCUT2D eigenvalue weighted by Gasteiger charge is -2.45. The van der Waals surface area contributed by atoms with Crippen LogP contribution >= 0.6 is 0 Å². The first-order valence-corrected chi connectivity index (χ1v) is 17.9. The number of anilines is 1. The first-order chi connectivity index (χ1) is 24.3. The fourth-order valence-corrected chi connectivity index (χ4v) is 7.25. The van der Waals surface area contributed by atoms with E-state index in [1.807, 2.05) is 4.90 Å². The number of carbonyl (C=O) groups excluding carboxylic acids is 3. The standard InChI is InChI=1S/C35H51F3N8O5/c1-21(2)45(3)25-5-7-30(29(19-25)44-33(48)22-16-24(17-22)42-31(47)9-12-50-14-15-51-13-10-39)46-11-8-28(34(46)49)43-32-26-18-23(35(36,37)38)4-6-27(26)40-20-41-32/h4,6,18,20-22,24-25,28-30H,5,7-17,19,39H2,1-3H3,(H,42,47)(H,44,48)(H,40,41,43)/t22-,24+,25-,28+,29-,30+/m1/s1. The van der Waals surface area contributed by atoms with Crippen LogP contribution in [0.4, 0.5) is 19.0 Å². The van der Waals surface area contributed by atoms with Crippen LogP contribution < -0.4 is 21.7 Å². The maximum atomic E-state index is 13.9. The van der Waals surface area contributed by atoms with Gasteiger partial charge < -0.3 is 41.0 Å². The van der Waals surface area contributed by atoms with Gasteiger partial charge in [0.2, 0.25) is 17.7 Å². The summed E-state index contributed by atoms with van der Waals surface area (Å²) < 4.78 is 51.1. The first-order valence-electron chi connectivity index (χ1n) is 17.9. The summed E-state index contributed by atoms with van der Waals surface area (Å²) in [5, 5.41) is 9.55. The van der Waals surface area contributed by atoms with E-state index >= 15 is 0 Å². The van der Waals surface area contributed by atoms with Crippen molar-refractivity contribution >= 4 is 34.4 Å². The molecule has 13 nitrogen and oxygen atoms in total. The second-order valence-corrected chi connectivity index (χ2v) is 14.1. The Kier molecular flexibility index (Phi) is 13.1. The third-order valence-corrected chi connectivity index (χ3v) is 10.4. The van der Waals surface area contributed by atoms with Gasteiger partial charge >= 0.3 is 6.18 Å². The summed E-state index contributed by atoms with van der Waals surface area (Å²) in [4.78, 5) is 52.2. The molecule has 2 saturated carbocycles. The van der Waals surface area contributed by atoms with Gasteiger partial charge in [0, 0.05) is 48.9 Å². The zero-order chi connectivity index (χ0) is 36.7. The van der Waals surface area contributed by atoms with Gasteiger partial charge in [0.15, 0.2) is 0 Å². The van der Waals surface area contributed by atoms with Crippen molar-refractivity contribution in [3.63, 3.8) is 0 Å². The largest absolute Gasteiger partial charge is 0.416 e. The number of nitrogens with one attached hydrogen (secondary N) is 3. The Morgan fingerprint density at radius 3 is 2.49 bits per heavy atom. The number of rotatable bonds is 16. The summed E-state index contributed by atoms with van der Waals surface area (Å²) in [5.41, 5.74) is 4.89. The Labute approximate surface area is 296 Å². The second-order valence-electron chi connectivity index (χ2n) is 14.1. The van der Waals surface area contributed by atoms with Crippen LogP contribution in [0.2, 0.25) is 0 Å². The molecule has 5 rings (SSSR count). The molecule has 282 valence electrons. The van der Waals surface area contributed by atoms with E-state index in [0.717, 1.165) is 18.6 Å². The fraction of sp³-hybridized carbons (Fsp3) is 0.686. The van der Waals surface area contributed by atoms with E-state index in [-0.39, 0.29) is 72.0 Å². The van der Waals surface area contributed by atoms with Crippen LogP contribution in [0.15, 0.2) is 24.5 Å². The summed E-state index contributed by atoms with van der Waals surface area (Å²) >= 11 is 0. The van der Waals surface area contributed by atoms with Crippen LogP contribution in [0, 0.1) is 5.92 Å². The van der Waals surface area contributed by atoms with Gasteiger partial charge in [0.25, 0.3) is 0 Å². The molecule has 3 aliphatic rings. The minimum absolute atomic E-state index is 0.0832. The van der Waals surface area contributed by atoms with Gasteiger partial charge in [-0.3, -0.25) is 14.4 Å². The molecule has 3 fully saturated rings. The molecule has 2 heterocycles. The number of benzene rings is 1. The lowest BCUT2D eigenvalue weighted by molar-refractivity contribution is -0.137. The van der Waals surface area contributed by atoms with Crippen LogP contribution in [-0.2, 0) is 30.0 Å². The topological polar surface area (TPSA) is 164 Å². The molecule has 5 N–H and O–H groups in total.